The highest BCUT2D eigenvalue weighted by Crippen LogP contribution is 2.33. The summed E-state index contributed by atoms with van der Waals surface area (Å²) in [4.78, 5) is 44.6. The van der Waals surface area contributed by atoms with E-state index >= 15 is 0 Å². The van der Waals surface area contributed by atoms with Gasteiger partial charge in [-0.25, -0.2) is 4.98 Å². The molecule has 0 saturated carbocycles. The van der Waals surface area contributed by atoms with E-state index in [0.717, 1.165) is 5.56 Å². The Morgan fingerprint density at radius 3 is 2.48 bits per heavy atom. The molecule has 1 unspecified atom stereocenters. The van der Waals surface area contributed by atoms with Crippen molar-refractivity contribution in [2.45, 2.75) is 12.5 Å². The third-order valence-corrected chi connectivity index (χ3v) is 8.28. The van der Waals surface area contributed by atoms with Crippen LogP contribution in [0.15, 0.2) is 82.9 Å². The average Bonchev–Trinajstić information content (AvgIpc) is 3.94. The lowest BCUT2D eigenvalue weighted by molar-refractivity contribution is -0.122. The number of H-pyrrole nitrogens is 2. The minimum Gasteiger partial charge on any atom is -0.480 e. The zero-order valence-corrected chi connectivity index (χ0v) is 25.9. The summed E-state index contributed by atoms with van der Waals surface area (Å²) >= 11 is 7.32. The van der Waals surface area contributed by atoms with Crippen molar-refractivity contribution < 1.29 is 18.7 Å². The minimum absolute atomic E-state index is 0.153. The number of hydrogen-bond donors (Lipinski definition) is 4. The van der Waals surface area contributed by atoms with Crippen LogP contribution in [0.25, 0.3) is 45.1 Å². The van der Waals surface area contributed by atoms with Gasteiger partial charge >= 0.3 is 0 Å². The van der Waals surface area contributed by atoms with Gasteiger partial charge in [0, 0.05) is 34.8 Å². The Hall–Kier alpha value is -6.26. The van der Waals surface area contributed by atoms with Crippen LogP contribution >= 0.6 is 22.9 Å². The summed E-state index contributed by atoms with van der Waals surface area (Å²) in [5.74, 6) is 1.92. The van der Waals surface area contributed by atoms with E-state index in [1.54, 1.807) is 72.4 Å². The molecular weight excluding hydrogens is 658 g/mol. The summed E-state index contributed by atoms with van der Waals surface area (Å²) in [5, 5.41) is 24.3. The van der Waals surface area contributed by atoms with Crippen LogP contribution in [0.4, 0.5) is 11.9 Å². The number of anilines is 2. The average molecular weight is 678 g/mol. The molecule has 1 aliphatic rings. The smallest absolute Gasteiger partial charge is 0.277 e. The monoisotopic (exact) mass is 677 g/mol. The Balaban J connectivity index is 0.919. The van der Waals surface area contributed by atoms with E-state index in [-0.39, 0.29) is 23.5 Å². The van der Waals surface area contributed by atoms with Crippen molar-refractivity contribution in [1.29, 1.82) is 0 Å². The van der Waals surface area contributed by atoms with Gasteiger partial charge in [0.05, 0.1) is 0 Å². The SMILES string of the molecule is O=C(Nc1nnc(-c2ccccn2)[nH]1)c1csc(-c2ccc(-c3ccnc(-c4nnc(NC(=O)C5Cc6cc(Cl)ccc6O5)[nH]4)c3)o2)n1. The number of halogens is 1. The maximum absolute atomic E-state index is 12.8. The van der Waals surface area contributed by atoms with Crippen LogP contribution in [0.3, 0.4) is 0 Å². The first kappa shape index (κ1) is 29.2. The summed E-state index contributed by atoms with van der Waals surface area (Å²) in [7, 11) is 0. The number of pyridine rings is 2. The van der Waals surface area contributed by atoms with E-state index in [1.165, 1.54) is 11.3 Å². The molecule has 1 aliphatic heterocycles. The second kappa shape index (κ2) is 12.2. The van der Waals surface area contributed by atoms with Gasteiger partial charge in [0.1, 0.15) is 28.6 Å². The highest BCUT2D eigenvalue weighted by atomic mass is 35.5. The number of nitrogens with one attached hydrogen (secondary N) is 4. The van der Waals surface area contributed by atoms with E-state index in [4.69, 9.17) is 20.8 Å². The third-order valence-electron chi connectivity index (χ3n) is 7.18. The zero-order chi connectivity index (χ0) is 32.6. The van der Waals surface area contributed by atoms with Gasteiger partial charge in [0.15, 0.2) is 28.5 Å². The topological polar surface area (TPSA) is 202 Å². The lowest BCUT2D eigenvalue weighted by atomic mass is 10.1. The molecule has 4 N–H and O–H groups in total. The number of carbonyl (C=O) groups excluding carboxylic acids is 2. The molecule has 48 heavy (non-hydrogen) atoms. The summed E-state index contributed by atoms with van der Waals surface area (Å²) in [5.41, 5.74) is 2.84. The number of nitrogens with zero attached hydrogens (tertiary/aromatic N) is 7. The van der Waals surface area contributed by atoms with Crippen LogP contribution in [0.1, 0.15) is 16.1 Å². The molecule has 8 rings (SSSR count). The Morgan fingerprint density at radius 1 is 0.854 bits per heavy atom. The van der Waals surface area contributed by atoms with Crippen molar-refractivity contribution in [2.24, 2.45) is 0 Å². The highest BCUT2D eigenvalue weighted by Gasteiger charge is 2.30. The summed E-state index contributed by atoms with van der Waals surface area (Å²) in [6.07, 6.45) is 2.92. The first-order valence-corrected chi connectivity index (χ1v) is 15.6. The Labute approximate surface area is 278 Å². The van der Waals surface area contributed by atoms with Crippen molar-refractivity contribution >= 4 is 46.6 Å². The van der Waals surface area contributed by atoms with Crippen LogP contribution in [0, 0.1) is 0 Å². The largest absolute Gasteiger partial charge is 0.480 e. The van der Waals surface area contributed by atoms with Crippen molar-refractivity contribution in [3.63, 3.8) is 0 Å². The number of aromatic amines is 2. The van der Waals surface area contributed by atoms with Gasteiger partial charge in [-0.05, 0) is 60.2 Å². The number of amides is 2. The van der Waals surface area contributed by atoms with E-state index < -0.39 is 12.0 Å². The predicted molar refractivity (Wildman–Crippen MR) is 174 cm³/mol. The van der Waals surface area contributed by atoms with Crippen LogP contribution < -0.4 is 15.4 Å². The minimum atomic E-state index is -0.718. The van der Waals surface area contributed by atoms with Crippen LogP contribution in [0.2, 0.25) is 5.02 Å². The molecule has 7 aromatic rings. The van der Waals surface area contributed by atoms with E-state index in [1.807, 2.05) is 6.07 Å². The summed E-state index contributed by atoms with van der Waals surface area (Å²) < 4.78 is 11.8. The fourth-order valence-electron chi connectivity index (χ4n) is 4.91. The Morgan fingerprint density at radius 2 is 1.65 bits per heavy atom. The number of aromatic nitrogens is 9. The first-order chi connectivity index (χ1) is 23.4. The lowest BCUT2D eigenvalue weighted by Crippen LogP contribution is -2.31. The maximum Gasteiger partial charge on any atom is 0.277 e. The normalized spacial score (nSPS) is 13.6. The second-order valence-corrected chi connectivity index (χ2v) is 11.7. The van der Waals surface area contributed by atoms with Crippen LogP contribution in [-0.4, -0.2) is 63.2 Å². The number of fused-ring (bicyclic) bond motifs is 1. The zero-order valence-electron chi connectivity index (χ0n) is 24.3. The van der Waals surface area contributed by atoms with Crippen molar-refractivity contribution in [3.05, 3.63) is 94.7 Å². The molecule has 0 spiro atoms. The molecule has 0 fully saturated rings. The van der Waals surface area contributed by atoms with Gasteiger partial charge in [-0.1, -0.05) is 17.7 Å². The Kier molecular flexibility index (Phi) is 7.39. The number of ether oxygens (including phenoxy) is 1. The quantitative estimate of drug-likeness (QED) is 0.163. The van der Waals surface area contributed by atoms with Crippen LogP contribution in [-0.2, 0) is 11.2 Å². The Bertz CT molecular complexity index is 2300. The molecular formula is C31H20ClN11O4S. The van der Waals surface area contributed by atoms with Gasteiger partial charge in [-0.2, -0.15) is 0 Å². The number of benzene rings is 1. The molecule has 17 heteroatoms. The molecule has 7 heterocycles. The number of furan rings is 1. The number of hydrogen-bond acceptors (Lipinski definition) is 12. The molecule has 15 nitrogen and oxygen atoms in total. The second-order valence-electron chi connectivity index (χ2n) is 10.4. The van der Waals surface area contributed by atoms with Crippen molar-refractivity contribution in [1.82, 2.24) is 45.3 Å². The van der Waals surface area contributed by atoms with E-state index in [0.29, 0.717) is 62.3 Å². The number of rotatable bonds is 8. The number of thiazole rings is 1. The van der Waals surface area contributed by atoms with Gasteiger partial charge in [0.25, 0.3) is 11.8 Å². The molecule has 1 aromatic carbocycles. The first-order valence-electron chi connectivity index (χ1n) is 14.3. The van der Waals surface area contributed by atoms with E-state index in [9.17, 15) is 9.59 Å². The molecule has 1 atom stereocenters. The predicted octanol–water partition coefficient (Wildman–Crippen LogP) is 5.28. The molecule has 2 amide bonds. The van der Waals surface area contributed by atoms with Crippen LogP contribution in [0.5, 0.6) is 5.75 Å². The van der Waals surface area contributed by atoms with Gasteiger partial charge in [-0.15, -0.1) is 31.7 Å². The molecule has 236 valence electrons. The maximum atomic E-state index is 12.8. The third kappa shape index (κ3) is 5.88. The highest BCUT2D eigenvalue weighted by molar-refractivity contribution is 7.13. The lowest BCUT2D eigenvalue weighted by Gasteiger charge is -2.09. The van der Waals surface area contributed by atoms with E-state index in [2.05, 4.69) is 55.9 Å². The number of carbonyl (C=O) groups is 2. The summed E-state index contributed by atoms with van der Waals surface area (Å²) in [6, 6.07) is 17.8. The van der Waals surface area contributed by atoms with Gasteiger partial charge < -0.3 is 19.1 Å². The molecule has 0 saturated heterocycles. The standard InChI is InChI=1S/C31H20ClN11O4S/c32-17-4-5-22-16(11-17)13-24(47-22)28(45)39-31-37-26(41-43-31)19-12-15(8-10-34-19)21-6-7-23(46-21)29-35-20(14-48-29)27(44)38-30-36-25(40-42-30)18-3-1-2-9-33-18/h1-12,14,24H,13H2,(H2,36,38,40,42,44)(H2,37,39,41,43,45). The molecule has 0 aliphatic carbocycles. The summed E-state index contributed by atoms with van der Waals surface area (Å²) in [6.45, 7) is 0. The molecule has 0 radical (unpaired) electrons. The van der Waals surface area contributed by atoms with Crippen molar-refractivity contribution in [3.8, 4) is 50.9 Å². The van der Waals surface area contributed by atoms with Crippen molar-refractivity contribution in [2.75, 3.05) is 10.6 Å². The fourth-order valence-corrected chi connectivity index (χ4v) is 5.87. The van der Waals surface area contributed by atoms with Gasteiger partial charge in [-0.3, -0.25) is 30.2 Å². The molecule has 0 bridgehead atoms. The fraction of sp³-hybridized carbons (Fsp3) is 0.0645. The van der Waals surface area contributed by atoms with Gasteiger partial charge in [0.2, 0.25) is 11.9 Å². The molecule has 6 aromatic heterocycles.